The summed E-state index contributed by atoms with van der Waals surface area (Å²) in [5.41, 5.74) is 2.14. The maximum Gasteiger partial charge on any atom is 0.573 e. The van der Waals surface area contributed by atoms with Crippen LogP contribution in [0.1, 0.15) is 12.5 Å². The van der Waals surface area contributed by atoms with Gasteiger partial charge in [0.1, 0.15) is 17.4 Å². The first-order valence-electron chi connectivity index (χ1n) is 8.76. The lowest BCUT2D eigenvalue weighted by Crippen LogP contribution is -2.17. The molecule has 5 nitrogen and oxygen atoms in total. The van der Waals surface area contributed by atoms with Gasteiger partial charge in [-0.25, -0.2) is 9.37 Å². The van der Waals surface area contributed by atoms with E-state index >= 15 is 0 Å². The summed E-state index contributed by atoms with van der Waals surface area (Å²) < 4.78 is 54.9. The minimum atomic E-state index is -4.79. The first-order valence-corrected chi connectivity index (χ1v) is 8.76. The summed E-state index contributed by atoms with van der Waals surface area (Å²) in [7, 11) is 0. The van der Waals surface area contributed by atoms with Crippen LogP contribution in [0.5, 0.6) is 5.75 Å². The van der Waals surface area contributed by atoms with Gasteiger partial charge in [0.15, 0.2) is 0 Å². The Morgan fingerprint density at radius 3 is 2.52 bits per heavy atom. The lowest BCUT2D eigenvalue weighted by molar-refractivity contribution is -0.274. The van der Waals surface area contributed by atoms with Gasteiger partial charge < -0.3 is 15.4 Å². The molecule has 0 unspecified atom stereocenters. The highest BCUT2D eigenvalue weighted by molar-refractivity contribution is 5.69. The van der Waals surface area contributed by atoms with Crippen LogP contribution in [-0.2, 0) is 0 Å². The van der Waals surface area contributed by atoms with E-state index in [1.54, 1.807) is 25.1 Å². The number of aryl methyl sites for hydroxylation is 1. The van der Waals surface area contributed by atoms with Crippen LogP contribution < -0.4 is 15.4 Å². The van der Waals surface area contributed by atoms with E-state index in [1.807, 2.05) is 6.92 Å². The van der Waals surface area contributed by atoms with Gasteiger partial charge >= 0.3 is 6.36 Å². The van der Waals surface area contributed by atoms with Crippen molar-refractivity contribution in [2.24, 2.45) is 0 Å². The van der Waals surface area contributed by atoms with Crippen molar-refractivity contribution >= 4 is 17.5 Å². The summed E-state index contributed by atoms with van der Waals surface area (Å²) in [5, 5.41) is 6.08. The molecule has 0 amide bonds. The molecule has 2 N–H and O–H groups in total. The minimum absolute atomic E-state index is 0.300. The van der Waals surface area contributed by atoms with Crippen molar-refractivity contribution in [3.8, 4) is 17.0 Å². The number of anilines is 3. The zero-order valence-corrected chi connectivity index (χ0v) is 15.6. The number of rotatable bonds is 6. The first kappa shape index (κ1) is 20.4. The van der Waals surface area contributed by atoms with Crippen molar-refractivity contribution in [1.29, 1.82) is 0 Å². The van der Waals surface area contributed by atoms with E-state index in [4.69, 9.17) is 0 Å². The lowest BCUT2D eigenvalue weighted by Gasteiger charge is -2.13. The van der Waals surface area contributed by atoms with Crippen LogP contribution in [0, 0.1) is 12.7 Å². The molecule has 1 aromatic heterocycles. The molecule has 0 aliphatic heterocycles. The van der Waals surface area contributed by atoms with Crippen LogP contribution in [0.25, 0.3) is 11.3 Å². The number of hydrogen-bond acceptors (Lipinski definition) is 5. The Hall–Kier alpha value is -3.36. The number of ether oxygens (including phenoxy) is 1. The van der Waals surface area contributed by atoms with Gasteiger partial charge in [-0.05, 0) is 49.7 Å². The van der Waals surface area contributed by atoms with E-state index in [2.05, 4.69) is 25.3 Å². The maximum absolute atomic E-state index is 13.3. The van der Waals surface area contributed by atoms with E-state index in [9.17, 15) is 17.6 Å². The Balaban J connectivity index is 1.98. The average molecular weight is 406 g/mol. The molecular formula is C20H18F4N4O. The number of nitrogens with zero attached hydrogens (tertiary/aromatic N) is 2. The van der Waals surface area contributed by atoms with Gasteiger partial charge in [0, 0.05) is 23.9 Å². The smallest absolute Gasteiger partial charge is 0.406 e. The Bertz CT molecular complexity index is 1010. The highest BCUT2D eigenvalue weighted by Gasteiger charge is 2.31. The Labute approximate surface area is 164 Å². The zero-order valence-electron chi connectivity index (χ0n) is 15.6. The summed E-state index contributed by atoms with van der Waals surface area (Å²) in [6.07, 6.45) is -4.79. The Kier molecular flexibility index (Phi) is 5.86. The predicted octanol–water partition coefficient (Wildman–Crippen LogP) is 5.67. The van der Waals surface area contributed by atoms with E-state index < -0.39 is 6.36 Å². The summed E-state index contributed by atoms with van der Waals surface area (Å²) in [5.74, 6) is 0.00551. The third kappa shape index (κ3) is 5.56. The van der Waals surface area contributed by atoms with Crippen molar-refractivity contribution in [1.82, 2.24) is 9.97 Å². The number of aromatic nitrogens is 2. The maximum atomic E-state index is 13.3. The molecule has 0 spiro atoms. The molecule has 0 aliphatic carbocycles. The van der Waals surface area contributed by atoms with Crippen molar-refractivity contribution in [2.75, 3.05) is 17.2 Å². The van der Waals surface area contributed by atoms with E-state index in [-0.39, 0.29) is 11.6 Å². The van der Waals surface area contributed by atoms with E-state index in [1.165, 1.54) is 30.3 Å². The molecule has 3 rings (SSSR count). The fourth-order valence-corrected chi connectivity index (χ4v) is 2.65. The number of hydrogen-bond donors (Lipinski definition) is 2. The third-order valence-corrected chi connectivity index (χ3v) is 3.88. The van der Waals surface area contributed by atoms with Gasteiger partial charge in [0.2, 0.25) is 5.95 Å². The van der Waals surface area contributed by atoms with Crippen molar-refractivity contribution in [3.63, 3.8) is 0 Å². The molecule has 29 heavy (non-hydrogen) atoms. The number of nitrogens with one attached hydrogen (secondary N) is 2. The standard InChI is InChI=1S/C20H18F4N4O/c1-3-25-19-27-17(13-5-4-6-15(10-13)29-20(22,23)24)11-18(28-19)26-16-8-7-14(21)9-12(16)2/h4-11H,3H2,1-2H3,(H2,25,26,27,28). The first-order chi connectivity index (χ1) is 13.7. The van der Waals surface area contributed by atoms with Gasteiger partial charge in [-0.15, -0.1) is 13.2 Å². The molecule has 3 aromatic rings. The molecule has 0 saturated heterocycles. The summed E-state index contributed by atoms with van der Waals surface area (Å²) in [6, 6.07) is 11.4. The van der Waals surface area contributed by atoms with Gasteiger partial charge in [-0.2, -0.15) is 4.98 Å². The predicted molar refractivity (Wildman–Crippen MR) is 103 cm³/mol. The lowest BCUT2D eigenvalue weighted by atomic mass is 10.1. The molecule has 9 heteroatoms. The van der Waals surface area contributed by atoms with E-state index in [0.29, 0.717) is 40.8 Å². The monoisotopic (exact) mass is 406 g/mol. The average Bonchev–Trinajstić information content (AvgIpc) is 2.63. The number of alkyl halides is 3. The summed E-state index contributed by atoms with van der Waals surface area (Å²) in [6.45, 7) is 4.16. The fraction of sp³-hybridized carbons (Fsp3) is 0.200. The van der Waals surface area contributed by atoms with Gasteiger partial charge in [0.05, 0.1) is 5.69 Å². The van der Waals surface area contributed by atoms with E-state index in [0.717, 1.165) is 0 Å². The van der Waals surface area contributed by atoms with Gasteiger partial charge in [-0.1, -0.05) is 12.1 Å². The summed E-state index contributed by atoms with van der Waals surface area (Å²) in [4.78, 5) is 8.70. The van der Waals surface area contributed by atoms with Crippen LogP contribution >= 0.6 is 0 Å². The highest BCUT2D eigenvalue weighted by Crippen LogP contribution is 2.29. The van der Waals surface area contributed by atoms with Crippen LogP contribution in [0.15, 0.2) is 48.5 Å². The molecule has 0 atom stereocenters. The largest absolute Gasteiger partial charge is 0.573 e. The van der Waals surface area contributed by atoms with Crippen molar-refractivity contribution < 1.29 is 22.3 Å². The third-order valence-electron chi connectivity index (χ3n) is 3.88. The van der Waals surface area contributed by atoms with Crippen molar-refractivity contribution in [2.45, 2.75) is 20.2 Å². The van der Waals surface area contributed by atoms with Gasteiger partial charge in [-0.3, -0.25) is 0 Å². The molecule has 0 saturated carbocycles. The van der Waals surface area contributed by atoms with Gasteiger partial charge in [0.25, 0.3) is 0 Å². The molecule has 0 aliphatic rings. The Morgan fingerprint density at radius 1 is 1.03 bits per heavy atom. The highest BCUT2D eigenvalue weighted by atomic mass is 19.4. The molecule has 2 aromatic carbocycles. The molecule has 1 heterocycles. The molecule has 0 bridgehead atoms. The molecule has 0 fully saturated rings. The zero-order chi connectivity index (χ0) is 21.0. The normalized spacial score (nSPS) is 11.2. The quantitative estimate of drug-likeness (QED) is 0.517. The van der Waals surface area contributed by atoms with Crippen LogP contribution in [0.2, 0.25) is 0 Å². The van der Waals surface area contributed by atoms with Crippen LogP contribution in [-0.4, -0.2) is 22.9 Å². The Morgan fingerprint density at radius 2 is 1.83 bits per heavy atom. The van der Waals surface area contributed by atoms with Crippen molar-refractivity contribution in [3.05, 3.63) is 59.9 Å². The molecule has 152 valence electrons. The summed E-state index contributed by atoms with van der Waals surface area (Å²) >= 11 is 0. The molecule has 0 radical (unpaired) electrons. The second kappa shape index (κ2) is 8.34. The number of halogens is 4. The SMILES string of the molecule is CCNc1nc(Nc2ccc(F)cc2C)cc(-c2cccc(OC(F)(F)F)c2)n1. The number of benzene rings is 2. The minimum Gasteiger partial charge on any atom is -0.406 e. The van der Waals surface area contributed by atoms with Crippen LogP contribution in [0.3, 0.4) is 0 Å². The topological polar surface area (TPSA) is 59.1 Å². The second-order valence-corrected chi connectivity index (χ2v) is 6.15. The fourth-order valence-electron chi connectivity index (χ4n) is 2.65. The second-order valence-electron chi connectivity index (χ2n) is 6.15. The molecular weight excluding hydrogens is 388 g/mol. The van der Waals surface area contributed by atoms with Crippen LogP contribution in [0.4, 0.5) is 35.0 Å².